The van der Waals surface area contributed by atoms with Crippen LogP contribution in [0.25, 0.3) is 6.08 Å². The van der Waals surface area contributed by atoms with E-state index in [1.54, 1.807) is 24.3 Å². The lowest BCUT2D eigenvalue weighted by atomic mass is 9.96. The van der Waals surface area contributed by atoms with Gasteiger partial charge in [-0.2, -0.15) is 0 Å². The molecule has 0 saturated heterocycles. The van der Waals surface area contributed by atoms with Crippen molar-refractivity contribution >= 4 is 18.0 Å². The number of hydrogen-bond acceptors (Lipinski definition) is 3. The first-order chi connectivity index (χ1) is 9.40. The Bertz CT molecular complexity index is 498. The summed E-state index contributed by atoms with van der Waals surface area (Å²) in [5.41, 5.74) is 6.06. The van der Waals surface area contributed by atoms with E-state index in [-0.39, 0.29) is 18.7 Å². The number of hydrogen-bond donors (Lipinski definition) is 3. The molecule has 0 radical (unpaired) electrons. The molecular weight excluding hydrogens is 265 g/mol. The largest absolute Gasteiger partial charge is 0.481 e. The molecule has 0 aliphatic carbocycles. The van der Waals surface area contributed by atoms with Crippen molar-refractivity contribution in [3.8, 4) is 0 Å². The van der Waals surface area contributed by atoms with E-state index in [1.165, 1.54) is 12.1 Å². The number of benzene rings is 1. The van der Waals surface area contributed by atoms with Gasteiger partial charge in [-0.05, 0) is 30.5 Å². The molecule has 0 unspecified atom stereocenters. The lowest BCUT2D eigenvalue weighted by Crippen LogP contribution is -2.34. The maximum Gasteiger partial charge on any atom is 0.320 e. The summed E-state index contributed by atoms with van der Waals surface area (Å²) in [5, 5.41) is 17.7. The molecule has 108 valence electrons. The zero-order valence-electron chi connectivity index (χ0n) is 10.7. The minimum Gasteiger partial charge on any atom is -0.481 e. The number of nitrogens with two attached hydrogens (primary N) is 1. The highest BCUT2D eigenvalue weighted by molar-refractivity contribution is 5.76. The van der Waals surface area contributed by atoms with E-state index >= 15 is 0 Å². The zero-order valence-corrected chi connectivity index (χ0v) is 10.7. The Morgan fingerprint density at radius 2 is 1.80 bits per heavy atom. The average Bonchev–Trinajstić information content (AvgIpc) is 2.39. The van der Waals surface area contributed by atoms with Crippen molar-refractivity contribution in [3.05, 3.63) is 41.7 Å². The molecule has 1 rings (SSSR count). The van der Waals surface area contributed by atoms with Crippen LogP contribution in [0, 0.1) is 11.7 Å². The third kappa shape index (κ3) is 5.19. The molecule has 0 heterocycles. The van der Waals surface area contributed by atoms with Crippen molar-refractivity contribution in [2.45, 2.75) is 18.9 Å². The number of halogens is 1. The first-order valence-electron chi connectivity index (χ1n) is 6.03. The monoisotopic (exact) mass is 281 g/mol. The Balaban J connectivity index is 2.60. The second-order valence-electron chi connectivity index (χ2n) is 4.41. The molecule has 0 bridgehead atoms. The van der Waals surface area contributed by atoms with Gasteiger partial charge in [-0.25, -0.2) is 4.39 Å². The molecule has 4 N–H and O–H groups in total. The van der Waals surface area contributed by atoms with Crippen LogP contribution in [-0.2, 0) is 9.59 Å². The second kappa shape index (κ2) is 7.40. The Morgan fingerprint density at radius 1 is 1.20 bits per heavy atom. The molecular formula is C14H16FNO4. The Hall–Kier alpha value is -2.21. The number of carboxylic acid groups (broad SMARTS) is 2. The lowest BCUT2D eigenvalue weighted by Gasteiger charge is -2.12. The molecule has 5 nitrogen and oxygen atoms in total. The fourth-order valence-corrected chi connectivity index (χ4v) is 1.65. The molecule has 0 aliphatic rings. The van der Waals surface area contributed by atoms with Crippen molar-refractivity contribution in [2.75, 3.05) is 0 Å². The van der Waals surface area contributed by atoms with Crippen LogP contribution in [0.15, 0.2) is 30.3 Å². The normalized spacial score (nSPS) is 14.1. The van der Waals surface area contributed by atoms with Gasteiger partial charge in [0.1, 0.15) is 11.9 Å². The molecule has 0 saturated carbocycles. The Kier molecular flexibility index (Phi) is 5.86. The summed E-state index contributed by atoms with van der Waals surface area (Å²) in [6, 6.07) is 4.52. The molecule has 0 amide bonds. The molecule has 0 fully saturated rings. The van der Waals surface area contributed by atoms with Crippen LogP contribution in [0.5, 0.6) is 0 Å². The Labute approximate surface area is 115 Å². The van der Waals surface area contributed by atoms with Crippen LogP contribution < -0.4 is 5.73 Å². The molecule has 0 spiro atoms. The predicted octanol–water partition coefficient (Wildman–Crippen LogP) is 1.73. The highest BCUT2D eigenvalue weighted by Gasteiger charge is 2.23. The van der Waals surface area contributed by atoms with Crippen molar-refractivity contribution in [1.82, 2.24) is 0 Å². The van der Waals surface area contributed by atoms with Crippen LogP contribution in [0.1, 0.15) is 18.4 Å². The fourth-order valence-electron chi connectivity index (χ4n) is 1.65. The van der Waals surface area contributed by atoms with E-state index in [4.69, 9.17) is 15.9 Å². The van der Waals surface area contributed by atoms with Gasteiger partial charge >= 0.3 is 11.9 Å². The van der Waals surface area contributed by atoms with Crippen LogP contribution in [0.4, 0.5) is 4.39 Å². The highest BCUT2D eigenvalue weighted by Crippen LogP contribution is 2.14. The minimum absolute atomic E-state index is 0.140. The Morgan fingerprint density at radius 3 is 2.30 bits per heavy atom. The molecule has 1 aromatic rings. The van der Waals surface area contributed by atoms with Crippen molar-refractivity contribution < 1.29 is 24.2 Å². The summed E-state index contributed by atoms with van der Waals surface area (Å²) in [6.07, 6.45) is 3.29. The van der Waals surface area contributed by atoms with Gasteiger partial charge in [0.15, 0.2) is 0 Å². The standard InChI is InChI=1S/C14H16FNO4/c15-11-6-4-9(5-7-11)2-1-3-10(13(17)18)8-12(16)14(19)20/h1-2,4-7,10,12H,3,8,16H2,(H,17,18)(H,19,20)/b2-1+/t10-,12+/m1/s1. The number of allylic oxidation sites excluding steroid dienone is 1. The van der Waals surface area contributed by atoms with E-state index in [2.05, 4.69) is 0 Å². The molecule has 2 atom stereocenters. The molecule has 0 aliphatic heterocycles. The predicted molar refractivity (Wildman–Crippen MR) is 71.4 cm³/mol. The van der Waals surface area contributed by atoms with Gasteiger partial charge in [0.25, 0.3) is 0 Å². The molecule has 0 aromatic heterocycles. The maximum atomic E-state index is 12.7. The third-order valence-corrected chi connectivity index (χ3v) is 2.81. The number of carboxylic acids is 2. The van der Waals surface area contributed by atoms with Gasteiger partial charge < -0.3 is 15.9 Å². The topological polar surface area (TPSA) is 101 Å². The number of aliphatic carboxylic acids is 2. The van der Waals surface area contributed by atoms with Gasteiger partial charge in [0.2, 0.25) is 0 Å². The summed E-state index contributed by atoms with van der Waals surface area (Å²) in [5.74, 6) is -3.53. The average molecular weight is 281 g/mol. The summed E-state index contributed by atoms with van der Waals surface area (Å²) in [6.45, 7) is 0. The van der Waals surface area contributed by atoms with Gasteiger partial charge in [-0.1, -0.05) is 24.3 Å². The summed E-state index contributed by atoms with van der Waals surface area (Å²) >= 11 is 0. The van der Waals surface area contributed by atoms with E-state index < -0.39 is 23.9 Å². The molecule has 20 heavy (non-hydrogen) atoms. The van der Waals surface area contributed by atoms with Crippen LogP contribution in [0.2, 0.25) is 0 Å². The number of rotatable bonds is 7. The van der Waals surface area contributed by atoms with Crippen LogP contribution in [-0.4, -0.2) is 28.2 Å². The first kappa shape index (κ1) is 15.8. The van der Waals surface area contributed by atoms with Crippen molar-refractivity contribution in [3.63, 3.8) is 0 Å². The van der Waals surface area contributed by atoms with E-state index in [0.29, 0.717) is 0 Å². The molecule has 1 aromatic carbocycles. The summed E-state index contributed by atoms with van der Waals surface area (Å²) < 4.78 is 12.7. The zero-order chi connectivity index (χ0) is 15.1. The first-order valence-corrected chi connectivity index (χ1v) is 6.03. The van der Waals surface area contributed by atoms with E-state index in [1.807, 2.05) is 0 Å². The van der Waals surface area contributed by atoms with Gasteiger partial charge in [-0.3, -0.25) is 9.59 Å². The maximum absolute atomic E-state index is 12.7. The quantitative estimate of drug-likeness (QED) is 0.706. The minimum atomic E-state index is -1.22. The smallest absolute Gasteiger partial charge is 0.320 e. The van der Waals surface area contributed by atoms with Gasteiger partial charge in [-0.15, -0.1) is 0 Å². The molecule has 6 heteroatoms. The SMILES string of the molecule is N[C@@H](C[C@@H](C/C=C/c1ccc(F)cc1)C(=O)O)C(=O)O. The fraction of sp³-hybridized carbons (Fsp3) is 0.286. The summed E-state index contributed by atoms with van der Waals surface area (Å²) in [4.78, 5) is 21.6. The number of carbonyl (C=O) groups is 2. The van der Waals surface area contributed by atoms with Crippen molar-refractivity contribution in [1.29, 1.82) is 0 Å². The van der Waals surface area contributed by atoms with Gasteiger partial charge in [0.05, 0.1) is 5.92 Å². The van der Waals surface area contributed by atoms with Crippen LogP contribution in [0.3, 0.4) is 0 Å². The van der Waals surface area contributed by atoms with Crippen molar-refractivity contribution in [2.24, 2.45) is 11.7 Å². The third-order valence-electron chi connectivity index (χ3n) is 2.81. The lowest BCUT2D eigenvalue weighted by molar-refractivity contribution is -0.143. The van der Waals surface area contributed by atoms with Crippen LogP contribution >= 0.6 is 0 Å². The second-order valence-corrected chi connectivity index (χ2v) is 4.41. The van der Waals surface area contributed by atoms with E-state index in [9.17, 15) is 14.0 Å². The summed E-state index contributed by atoms with van der Waals surface area (Å²) in [7, 11) is 0. The van der Waals surface area contributed by atoms with E-state index in [0.717, 1.165) is 5.56 Å². The van der Waals surface area contributed by atoms with Gasteiger partial charge in [0, 0.05) is 0 Å². The highest BCUT2D eigenvalue weighted by atomic mass is 19.1.